The van der Waals surface area contributed by atoms with E-state index in [1.807, 2.05) is 16.4 Å². The first kappa shape index (κ1) is 15.5. The van der Waals surface area contributed by atoms with Gasteiger partial charge in [0.05, 0.1) is 0 Å². The largest absolute Gasteiger partial charge is 0.327 e. The van der Waals surface area contributed by atoms with Crippen molar-refractivity contribution in [1.82, 2.24) is 14.8 Å². The van der Waals surface area contributed by atoms with E-state index in [1.165, 1.54) is 5.75 Å². The number of thioether (sulfide) groups is 1. The van der Waals surface area contributed by atoms with E-state index in [0.29, 0.717) is 5.92 Å². The molecule has 18 heavy (non-hydrogen) atoms. The Balaban J connectivity index is 2.39. The molecule has 1 aromatic rings. The maximum absolute atomic E-state index is 6.15. The molecule has 1 aromatic heterocycles. The molecule has 5 heteroatoms. The van der Waals surface area contributed by atoms with E-state index in [-0.39, 0.29) is 6.04 Å². The first-order chi connectivity index (χ1) is 8.49. The molecule has 1 atom stereocenters. The van der Waals surface area contributed by atoms with Crippen LogP contribution in [0, 0.1) is 11.8 Å². The van der Waals surface area contributed by atoms with Crippen LogP contribution in [0.2, 0.25) is 0 Å². The van der Waals surface area contributed by atoms with Crippen molar-refractivity contribution in [2.24, 2.45) is 17.6 Å². The summed E-state index contributed by atoms with van der Waals surface area (Å²) >= 11 is 1.93. The van der Waals surface area contributed by atoms with Gasteiger partial charge in [0, 0.05) is 24.8 Å². The Morgan fingerprint density at radius 2 is 1.94 bits per heavy atom. The molecule has 1 unspecified atom stereocenters. The highest BCUT2D eigenvalue weighted by atomic mass is 32.2. The molecule has 0 radical (unpaired) electrons. The highest BCUT2D eigenvalue weighted by Gasteiger charge is 2.11. The van der Waals surface area contributed by atoms with Gasteiger partial charge >= 0.3 is 0 Å². The zero-order chi connectivity index (χ0) is 13.5. The SMILES string of the molecule is CC(C)CSCC(N)Cc1ncnn1CC(C)C. The summed E-state index contributed by atoms with van der Waals surface area (Å²) in [6.45, 7) is 9.75. The molecule has 0 bridgehead atoms. The van der Waals surface area contributed by atoms with Gasteiger partial charge in [-0.15, -0.1) is 0 Å². The van der Waals surface area contributed by atoms with Gasteiger partial charge in [0.2, 0.25) is 0 Å². The molecule has 0 aliphatic heterocycles. The summed E-state index contributed by atoms with van der Waals surface area (Å²) in [7, 11) is 0. The quantitative estimate of drug-likeness (QED) is 0.787. The van der Waals surface area contributed by atoms with Crippen LogP contribution in [0.5, 0.6) is 0 Å². The van der Waals surface area contributed by atoms with E-state index in [4.69, 9.17) is 5.73 Å². The normalized spacial score (nSPS) is 13.5. The molecule has 4 nitrogen and oxygen atoms in total. The van der Waals surface area contributed by atoms with Crippen molar-refractivity contribution in [2.75, 3.05) is 11.5 Å². The summed E-state index contributed by atoms with van der Waals surface area (Å²) in [6, 6.07) is 0.170. The zero-order valence-corrected chi connectivity index (χ0v) is 12.8. The smallest absolute Gasteiger partial charge is 0.138 e. The van der Waals surface area contributed by atoms with Gasteiger partial charge in [-0.2, -0.15) is 16.9 Å². The summed E-state index contributed by atoms with van der Waals surface area (Å²) in [5.74, 6) is 4.49. The van der Waals surface area contributed by atoms with Crippen LogP contribution in [0.15, 0.2) is 6.33 Å². The van der Waals surface area contributed by atoms with Gasteiger partial charge in [0.15, 0.2) is 0 Å². The second-order valence-electron chi connectivity index (χ2n) is 5.65. The van der Waals surface area contributed by atoms with Crippen molar-refractivity contribution in [3.05, 3.63) is 12.2 Å². The Morgan fingerprint density at radius 3 is 2.56 bits per heavy atom. The number of rotatable bonds is 8. The van der Waals surface area contributed by atoms with Gasteiger partial charge in [-0.05, 0) is 17.6 Å². The minimum absolute atomic E-state index is 0.170. The van der Waals surface area contributed by atoms with Crippen LogP contribution in [0.1, 0.15) is 33.5 Å². The molecule has 0 aromatic carbocycles. The lowest BCUT2D eigenvalue weighted by Crippen LogP contribution is -2.28. The van der Waals surface area contributed by atoms with Crippen LogP contribution in [-0.2, 0) is 13.0 Å². The molecule has 0 amide bonds. The minimum atomic E-state index is 0.170. The molecule has 0 fully saturated rings. The van der Waals surface area contributed by atoms with Gasteiger partial charge in [-0.1, -0.05) is 27.7 Å². The maximum Gasteiger partial charge on any atom is 0.138 e. The molecular formula is C13H26N4S. The van der Waals surface area contributed by atoms with E-state index in [2.05, 4.69) is 37.8 Å². The summed E-state index contributed by atoms with van der Waals surface area (Å²) < 4.78 is 1.98. The van der Waals surface area contributed by atoms with Gasteiger partial charge < -0.3 is 5.73 Å². The van der Waals surface area contributed by atoms with Crippen LogP contribution in [0.4, 0.5) is 0 Å². The van der Waals surface area contributed by atoms with E-state index in [0.717, 1.165) is 30.5 Å². The third kappa shape index (κ3) is 5.87. The highest BCUT2D eigenvalue weighted by Crippen LogP contribution is 2.10. The molecule has 0 aliphatic rings. The predicted molar refractivity (Wildman–Crippen MR) is 78.7 cm³/mol. The van der Waals surface area contributed by atoms with Gasteiger partial charge in [0.1, 0.15) is 12.2 Å². The molecule has 0 saturated heterocycles. The van der Waals surface area contributed by atoms with E-state index >= 15 is 0 Å². The lowest BCUT2D eigenvalue weighted by molar-refractivity contribution is 0.461. The number of hydrogen-bond donors (Lipinski definition) is 1. The summed E-state index contributed by atoms with van der Waals surface area (Å²) in [5.41, 5.74) is 6.15. The lowest BCUT2D eigenvalue weighted by Gasteiger charge is -2.13. The van der Waals surface area contributed by atoms with Crippen molar-refractivity contribution < 1.29 is 0 Å². The second kappa shape index (κ2) is 7.79. The van der Waals surface area contributed by atoms with E-state index < -0.39 is 0 Å². The Hall–Kier alpha value is -0.550. The molecule has 0 spiro atoms. The third-order valence-corrected chi connectivity index (χ3v) is 4.03. The zero-order valence-electron chi connectivity index (χ0n) is 12.0. The minimum Gasteiger partial charge on any atom is -0.327 e. The first-order valence-electron chi connectivity index (χ1n) is 6.69. The average molecular weight is 270 g/mol. The fourth-order valence-electron chi connectivity index (χ4n) is 1.69. The third-order valence-electron chi connectivity index (χ3n) is 2.46. The molecule has 1 heterocycles. The second-order valence-corrected chi connectivity index (χ2v) is 6.72. The number of hydrogen-bond acceptors (Lipinski definition) is 4. The fourth-order valence-corrected chi connectivity index (χ4v) is 2.72. The number of nitrogens with two attached hydrogens (primary N) is 1. The van der Waals surface area contributed by atoms with Crippen LogP contribution in [-0.4, -0.2) is 32.3 Å². The van der Waals surface area contributed by atoms with Crippen LogP contribution < -0.4 is 5.73 Å². The maximum atomic E-state index is 6.15. The summed E-state index contributed by atoms with van der Waals surface area (Å²) in [6.07, 6.45) is 2.45. The van der Waals surface area contributed by atoms with Crippen LogP contribution in [0.3, 0.4) is 0 Å². The van der Waals surface area contributed by atoms with Gasteiger partial charge in [-0.25, -0.2) is 9.67 Å². The Bertz CT molecular complexity index is 335. The van der Waals surface area contributed by atoms with Crippen molar-refractivity contribution >= 4 is 11.8 Å². The van der Waals surface area contributed by atoms with Crippen molar-refractivity contribution in [1.29, 1.82) is 0 Å². The van der Waals surface area contributed by atoms with Crippen LogP contribution >= 0.6 is 11.8 Å². The fraction of sp³-hybridized carbons (Fsp3) is 0.846. The summed E-state index contributed by atoms with van der Waals surface area (Å²) in [4.78, 5) is 4.32. The van der Waals surface area contributed by atoms with Gasteiger partial charge in [-0.3, -0.25) is 0 Å². The average Bonchev–Trinajstić information content (AvgIpc) is 2.64. The van der Waals surface area contributed by atoms with Crippen molar-refractivity contribution in [2.45, 2.75) is 46.7 Å². The van der Waals surface area contributed by atoms with Gasteiger partial charge in [0.25, 0.3) is 0 Å². The lowest BCUT2D eigenvalue weighted by atomic mass is 10.2. The monoisotopic (exact) mass is 270 g/mol. The summed E-state index contributed by atoms with van der Waals surface area (Å²) in [5, 5.41) is 4.26. The Kier molecular flexibility index (Phi) is 6.71. The van der Waals surface area contributed by atoms with E-state index in [9.17, 15) is 0 Å². The number of aromatic nitrogens is 3. The topological polar surface area (TPSA) is 56.7 Å². The Morgan fingerprint density at radius 1 is 1.22 bits per heavy atom. The molecule has 2 N–H and O–H groups in total. The van der Waals surface area contributed by atoms with Crippen molar-refractivity contribution in [3.8, 4) is 0 Å². The number of nitrogens with zero attached hydrogens (tertiary/aromatic N) is 3. The molecule has 0 aliphatic carbocycles. The molecule has 1 rings (SSSR count). The van der Waals surface area contributed by atoms with Crippen molar-refractivity contribution in [3.63, 3.8) is 0 Å². The highest BCUT2D eigenvalue weighted by molar-refractivity contribution is 7.99. The molecule has 0 saturated carbocycles. The first-order valence-corrected chi connectivity index (χ1v) is 7.84. The Labute approximate surface area is 115 Å². The van der Waals surface area contributed by atoms with Crippen LogP contribution in [0.25, 0.3) is 0 Å². The van der Waals surface area contributed by atoms with E-state index in [1.54, 1.807) is 6.33 Å². The standard InChI is InChI=1S/C13H26N4S/c1-10(2)6-17-13(15-9-16-17)5-12(14)8-18-7-11(3)4/h9-12H,5-8,14H2,1-4H3. The molecular weight excluding hydrogens is 244 g/mol. The molecule has 104 valence electrons. The predicted octanol–water partition coefficient (Wildman–Crippen LogP) is 2.19.